The number of likely N-dealkylation sites (N-methyl/N-ethyl adjacent to an activating group) is 1. The first kappa shape index (κ1) is 14.0. The number of hydrogen-bond acceptors (Lipinski definition) is 4. The maximum absolute atomic E-state index is 10.8. The van der Waals surface area contributed by atoms with Gasteiger partial charge in [0, 0.05) is 30.7 Å². The Morgan fingerprint density at radius 2 is 2.06 bits per heavy atom. The number of nitrogens with zero attached hydrogens (tertiary/aromatic N) is 2. The Morgan fingerprint density at radius 1 is 1.35 bits per heavy atom. The molecule has 4 nitrogen and oxygen atoms in total. The molecule has 5 heteroatoms. The zero-order valence-electron chi connectivity index (χ0n) is 10.6. The van der Waals surface area contributed by atoms with Crippen LogP contribution in [-0.4, -0.2) is 49.7 Å². The van der Waals surface area contributed by atoms with Crippen LogP contribution in [-0.2, 0) is 0 Å². The number of carboxylic acid groups (broad SMARTS) is 1. The molecule has 0 saturated carbocycles. The van der Waals surface area contributed by atoms with Crippen molar-refractivity contribution in [3.05, 3.63) is 16.3 Å². The molecule has 0 aliphatic rings. The van der Waals surface area contributed by atoms with Crippen molar-refractivity contribution >= 4 is 23.0 Å². The van der Waals surface area contributed by atoms with Gasteiger partial charge in [0.05, 0.1) is 0 Å². The Labute approximate surface area is 106 Å². The second-order valence-corrected chi connectivity index (χ2v) is 5.18. The summed E-state index contributed by atoms with van der Waals surface area (Å²) in [6.07, 6.45) is 1.06. The fourth-order valence-electron chi connectivity index (χ4n) is 1.56. The third-order valence-corrected chi connectivity index (χ3v) is 3.38. The van der Waals surface area contributed by atoms with E-state index in [2.05, 4.69) is 16.7 Å². The monoisotopic (exact) mass is 256 g/mol. The predicted molar refractivity (Wildman–Crippen MR) is 72.3 cm³/mol. The van der Waals surface area contributed by atoms with Gasteiger partial charge in [-0.05, 0) is 26.6 Å². The zero-order valence-corrected chi connectivity index (χ0v) is 11.5. The minimum absolute atomic E-state index is 0.408. The molecule has 1 aromatic rings. The van der Waals surface area contributed by atoms with Crippen LogP contribution in [0, 0.1) is 0 Å². The summed E-state index contributed by atoms with van der Waals surface area (Å²) in [5.41, 5.74) is 1.02. The van der Waals surface area contributed by atoms with Crippen LogP contribution in [0.15, 0.2) is 11.4 Å². The van der Waals surface area contributed by atoms with Crippen LogP contribution >= 0.6 is 11.3 Å². The van der Waals surface area contributed by atoms with Crippen molar-refractivity contribution in [2.75, 3.05) is 38.6 Å². The first-order valence-electron chi connectivity index (χ1n) is 5.76. The summed E-state index contributed by atoms with van der Waals surface area (Å²) in [6, 6.07) is 1.76. The fraction of sp³-hybridized carbons (Fsp3) is 0.583. The maximum atomic E-state index is 10.8. The van der Waals surface area contributed by atoms with Crippen LogP contribution in [0.5, 0.6) is 0 Å². The van der Waals surface area contributed by atoms with E-state index in [0.29, 0.717) is 4.88 Å². The van der Waals surface area contributed by atoms with Crippen LogP contribution in [0.2, 0.25) is 0 Å². The van der Waals surface area contributed by atoms with E-state index in [1.807, 2.05) is 19.5 Å². The number of hydrogen-bond donors (Lipinski definition) is 1. The van der Waals surface area contributed by atoms with E-state index >= 15 is 0 Å². The molecule has 17 heavy (non-hydrogen) atoms. The van der Waals surface area contributed by atoms with Gasteiger partial charge in [0.15, 0.2) is 0 Å². The molecule has 0 bridgehead atoms. The second kappa shape index (κ2) is 6.61. The lowest BCUT2D eigenvalue weighted by Gasteiger charge is -2.24. The Bertz CT molecular complexity index is 363. The van der Waals surface area contributed by atoms with Crippen molar-refractivity contribution in [1.29, 1.82) is 0 Å². The van der Waals surface area contributed by atoms with Gasteiger partial charge in [-0.3, -0.25) is 0 Å². The number of rotatable bonds is 7. The highest BCUT2D eigenvalue weighted by Gasteiger charge is 2.11. The highest BCUT2D eigenvalue weighted by Crippen LogP contribution is 2.23. The van der Waals surface area contributed by atoms with Crippen molar-refractivity contribution in [1.82, 2.24) is 4.90 Å². The van der Waals surface area contributed by atoms with Crippen molar-refractivity contribution in [3.8, 4) is 0 Å². The molecule has 0 atom stereocenters. The van der Waals surface area contributed by atoms with Gasteiger partial charge in [-0.15, -0.1) is 11.3 Å². The first-order chi connectivity index (χ1) is 8.04. The second-order valence-electron chi connectivity index (χ2n) is 4.26. The number of aromatic carboxylic acids is 1. The van der Waals surface area contributed by atoms with Crippen molar-refractivity contribution < 1.29 is 9.90 Å². The van der Waals surface area contributed by atoms with E-state index in [9.17, 15) is 4.79 Å². The van der Waals surface area contributed by atoms with Crippen LogP contribution in [0.3, 0.4) is 0 Å². The molecule has 0 radical (unpaired) electrons. The molecular formula is C12H20N2O2S. The molecular weight excluding hydrogens is 236 g/mol. The predicted octanol–water partition coefficient (Wildman–Crippen LogP) is 2.22. The summed E-state index contributed by atoms with van der Waals surface area (Å²) >= 11 is 1.29. The minimum atomic E-state index is -0.842. The molecule has 0 amide bonds. The normalized spacial score (nSPS) is 10.8. The summed E-state index contributed by atoms with van der Waals surface area (Å²) in [7, 11) is 4.08. The van der Waals surface area contributed by atoms with Gasteiger partial charge in [0.25, 0.3) is 0 Å². The summed E-state index contributed by atoms with van der Waals surface area (Å²) < 4.78 is 0. The lowest BCUT2D eigenvalue weighted by Crippen LogP contribution is -2.32. The Morgan fingerprint density at radius 3 is 2.53 bits per heavy atom. The number of anilines is 1. The van der Waals surface area contributed by atoms with E-state index in [1.54, 1.807) is 6.07 Å². The van der Waals surface area contributed by atoms with E-state index in [-0.39, 0.29) is 0 Å². The van der Waals surface area contributed by atoms with Gasteiger partial charge in [-0.2, -0.15) is 0 Å². The summed E-state index contributed by atoms with van der Waals surface area (Å²) in [6.45, 7) is 4.99. The summed E-state index contributed by atoms with van der Waals surface area (Å²) in [4.78, 5) is 15.6. The molecule has 1 rings (SSSR count). The van der Waals surface area contributed by atoms with Gasteiger partial charge in [0.1, 0.15) is 4.88 Å². The highest BCUT2D eigenvalue weighted by molar-refractivity contribution is 7.12. The van der Waals surface area contributed by atoms with Gasteiger partial charge < -0.3 is 14.9 Å². The van der Waals surface area contributed by atoms with Crippen LogP contribution in [0.1, 0.15) is 23.0 Å². The lowest BCUT2D eigenvalue weighted by molar-refractivity contribution is 0.0702. The van der Waals surface area contributed by atoms with Gasteiger partial charge in [0.2, 0.25) is 0 Å². The molecule has 0 spiro atoms. The molecule has 0 unspecified atom stereocenters. The third kappa shape index (κ3) is 4.36. The van der Waals surface area contributed by atoms with Crippen LogP contribution < -0.4 is 4.90 Å². The van der Waals surface area contributed by atoms with Crippen molar-refractivity contribution in [2.45, 2.75) is 13.3 Å². The van der Waals surface area contributed by atoms with Crippen molar-refractivity contribution in [2.24, 2.45) is 0 Å². The Hall–Kier alpha value is -1.07. The topological polar surface area (TPSA) is 43.8 Å². The average molecular weight is 256 g/mol. The standard InChI is InChI=1S/C12H20N2O2S/c1-4-5-14(7-6-13(2)3)10-8-11(12(15)16)17-9-10/h8-9H,4-7H2,1-3H3,(H,15,16). The van der Waals surface area contributed by atoms with Crippen molar-refractivity contribution in [3.63, 3.8) is 0 Å². The summed E-state index contributed by atoms with van der Waals surface area (Å²) in [5, 5.41) is 10.8. The number of carboxylic acids is 1. The largest absolute Gasteiger partial charge is 0.477 e. The Kier molecular flexibility index (Phi) is 5.44. The molecule has 1 heterocycles. The SMILES string of the molecule is CCCN(CCN(C)C)c1csc(C(=O)O)c1. The Balaban J connectivity index is 2.70. The molecule has 0 fully saturated rings. The molecule has 0 aromatic carbocycles. The lowest BCUT2D eigenvalue weighted by atomic mass is 10.3. The first-order valence-corrected chi connectivity index (χ1v) is 6.64. The number of thiophene rings is 1. The number of carbonyl (C=O) groups is 1. The van der Waals surface area contributed by atoms with E-state index < -0.39 is 5.97 Å². The van der Waals surface area contributed by atoms with E-state index in [4.69, 9.17) is 5.11 Å². The van der Waals surface area contributed by atoms with Gasteiger partial charge >= 0.3 is 5.97 Å². The molecule has 1 N–H and O–H groups in total. The smallest absolute Gasteiger partial charge is 0.345 e. The minimum Gasteiger partial charge on any atom is -0.477 e. The quantitative estimate of drug-likeness (QED) is 0.812. The van der Waals surface area contributed by atoms with E-state index in [1.165, 1.54) is 11.3 Å². The highest BCUT2D eigenvalue weighted by atomic mass is 32.1. The van der Waals surface area contributed by atoms with Gasteiger partial charge in [-0.1, -0.05) is 6.92 Å². The zero-order chi connectivity index (χ0) is 12.8. The fourth-order valence-corrected chi connectivity index (χ4v) is 2.32. The molecule has 0 aliphatic carbocycles. The maximum Gasteiger partial charge on any atom is 0.345 e. The molecule has 0 aliphatic heterocycles. The van der Waals surface area contributed by atoms with Gasteiger partial charge in [-0.25, -0.2) is 4.79 Å². The van der Waals surface area contributed by atoms with Crippen LogP contribution in [0.4, 0.5) is 5.69 Å². The molecule has 1 aromatic heterocycles. The average Bonchev–Trinajstić information content (AvgIpc) is 2.73. The van der Waals surface area contributed by atoms with E-state index in [0.717, 1.165) is 31.7 Å². The van der Waals surface area contributed by atoms with Crippen LogP contribution in [0.25, 0.3) is 0 Å². The summed E-state index contributed by atoms with van der Waals surface area (Å²) in [5.74, 6) is -0.842. The molecule has 0 saturated heterocycles. The third-order valence-electron chi connectivity index (χ3n) is 2.47. The molecule has 96 valence electrons.